The van der Waals surface area contributed by atoms with Gasteiger partial charge in [-0.3, -0.25) is 4.79 Å². The zero-order chi connectivity index (χ0) is 29.9. The second-order valence-electron chi connectivity index (χ2n) is 12.0. The lowest BCUT2D eigenvalue weighted by molar-refractivity contribution is -0.00378. The predicted molar refractivity (Wildman–Crippen MR) is 152 cm³/mol. The van der Waals surface area contributed by atoms with E-state index in [2.05, 4.69) is 15.5 Å². The average Bonchev–Trinajstić information content (AvgIpc) is 3.61. The van der Waals surface area contributed by atoms with Crippen LogP contribution in [0, 0.1) is 24.0 Å². The second-order valence-corrected chi connectivity index (χ2v) is 12.0. The number of pyridine rings is 1. The lowest BCUT2D eigenvalue weighted by Crippen LogP contribution is -2.41. The first-order chi connectivity index (χ1) is 19.9. The zero-order valence-electron chi connectivity index (χ0n) is 23.9. The number of methoxy groups -OCH3 is 1. The van der Waals surface area contributed by atoms with E-state index in [1.807, 2.05) is 13.0 Å². The van der Waals surface area contributed by atoms with Gasteiger partial charge in [-0.15, -0.1) is 5.10 Å². The number of nitrogens with zero attached hydrogens (tertiary/aromatic N) is 3. The fraction of sp³-hybridized carbons (Fsp3) is 0.375. The molecule has 2 aliphatic rings. The molecule has 2 fully saturated rings. The fourth-order valence-electron chi connectivity index (χ4n) is 5.71. The van der Waals surface area contributed by atoms with E-state index < -0.39 is 22.8 Å². The Bertz CT molecular complexity index is 1700. The number of carbonyl (C=O) groups excluding carboxylic acids is 1. The molecular formula is C32H32F2N4O4. The Labute approximate surface area is 242 Å². The number of aromatic nitrogens is 3. The van der Waals surface area contributed by atoms with E-state index in [0.29, 0.717) is 46.8 Å². The number of amides is 1. The number of rotatable bonds is 7. The van der Waals surface area contributed by atoms with Crippen molar-refractivity contribution in [3.8, 4) is 17.0 Å². The number of carbonyl (C=O) groups is 1. The smallest absolute Gasteiger partial charge is 0.251 e. The van der Waals surface area contributed by atoms with Gasteiger partial charge in [-0.05, 0) is 94.0 Å². The number of hydrogen-bond acceptors (Lipinski definition) is 7. The molecule has 1 saturated carbocycles. The number of ether oxygens (including phenoxy) is 2. The summed E-state index contributed by atoms with van der Waals surface area (Å²) in [5.41, 5.74) is -0.249. The number of aliphatic hydroxyl groups is 1. The van der Waals surface area contributed by atoms with Crippen molar-refractivity contribution in [1.29, 1.82) is 0 Å². The maximum Gasteiger partial charge on any atom is 0.251 e. The molecular weight excluding hydrogens is 542 g/mol. The number of benzene rings is 2. The van der Waals surface area contributed by atoms with Crippen LogP contribution in [0.2, 0.25) is 0 Å². The summed E-state index contributed by atoms with van der Waals surface area (Å²) in [5.74, 6) is -1.08. The van der Waals surface area contributed by atoms with Gasteiger partial charge in [-0.2, -0.15) is 5.10 Å². The highest BCUT2D eigenvalue weighted by Crippen LogP contribution is 2.59. The van der Waals surface area contributed by atoms with Crippen LogP contribution in [0.15, 0.2) is 48.5 Å². The Balaban J connectivity index is 1.40. The maximum absolute atomic E-state index is 15.8. The molecule has 1 spiro atoms. The minimum absolute atomic E-state index is 0.0218. The molecule has 6 rings (SSSR count). The van der Waals surface area contributed by atoms with Gasteiger partial charge in [-0.25, -0.2) is 13.8 Å². The van der Waals surface area contributed by atoms with Crippen LogP contribution >= 0.6 is 0 Å². The summed E-state index contributed by atoms with van der Waals surface area (Å²) < 4.78 is 41.5. The van der Waals surface area contributed by atoms with Gasteiger partial charge < -0.3 is 19.9 Å². The Hall–Kier alpha value is -4.02. The molecule has 1 atom stereocenters. The van der Waals surface area contributed by atoms with Gasteiger partial charge in [0.1, 0.15) is 28.4 Å². The number of nitrogens with one attached hydrogen (secondary N) is 1. The first kappa shape index (κ1) is 28.1. The van der Waals surface area contributed by atoms with Gasteiger partial charge in [0.05, 0.1) is 37.3 Å². The summed E-state index contributed by atoms with van der Waals surface area (Å²) in [4.78, 5) is 18.2. The van der Waals surface area contributed by atoms with E-state index >= 15 is 4.39 Å². The number of halogens is 2. The lowest BCUT2D eigenvalue weighted by atomic mass is 9.85. The zero-order valence-corrected chi connectivity index (χ0v) is 23.9. The number of fused-ring (bicyclic) bond motifs is 1. The highest BCUT2D eigenvalue weighted by atomic mass is 19.1. The van der Waals surface area contributed by atoms with Crippen molar-refractivity contribution in [3.63, 3.8) is 0 Å². The summed E-state index contributed by atoms with van der Waals surface area (Å²) in [6.07, 6.45) is 2.54. The molecule has 1 aliphatic heterocycles. The second kappa shape index (κ2) is 10.1. The first-order valence-electron chi connectivity index (χ1n) is 13.9. The van der Waals surface area contributed by atoms with E-state index in [1.54, 1.807) is 12.1 Å². The van der Waals surface area contributed by atoms with Crippen molar-refractivity contribution >= 4 is 16.8 Å². The Morgan fingerprint density at radius 3 is 2.50 bits per heavy atom. The molecule has 8 nitrogen and oxygen atoms in total. The molecule has 218 valence electrons. The largest absolute Gasteiger partial charge is 0.494 e. The lowest BCUT2D eigenvalue weighted by Gasteiger charge is -2.31. The van der Waals surface area contributed by atoms with Crippen LogP contribution in [0.4, 0.5) is 8.78 Å². The molecule has 0 bridgehead atoms. The monoisotopic (exact) mass is 574 g/mol. The molecule has 1 saturated heterocycles. The van der Waals surface area contributed by atoms with Crippen molar-refractivity contribution in [2.75, 3.05) is 20.3 Å². The highest BCUT2D eigenvalue weighted by molar-refractivity contribution is 5.99. The third-order valence-corrected chi connectivity index (χ3v) is 8.27. The summed E-state index contributed by atoms with van der Waals surface area (Å²) in [5, 5.41) is 22.9. The summed E-state index contributed by atoms with van der Waals surface area (Å²) >= 11 is 0. The maximum atomic E-state index is 15.8. The predicted octanol–water partition coefficient (Wildman–Crippen LogP) is 5.34. The summed E-state index contributed by atoms with van der Waals surface area (Å²) in [6.45, 7) is 5.35. The average molecular weight is 575 g/mol. The van der Waals surface area contributed by atoms with Crippen molar-refractivity contribution in [2.24, 2.45) is 5.41 Å². The van der Waals surface area contributed by atoms with Gasteiger partial charge in [0, 0.05) is 22.1 Å². The van der Waals surface area contributed by atoms with E-state index in [4.69, 9.17) is 14.5 Å². The van der Waals surface area contributed by atoms with E-state index in [1.165, 1.54) is 51.3 Å². The highest BCUT2D eigenvalue weighted by Gasteiger charge is 2.57. The summed E-state index contributed by atoms with van der Waals surface area (Å²) in [6, 6.07) is 12.1. The van der Waals surface area contributed by atoms with Gasteiger partial charge >= 0.3 is 0 Å². The third-order valence-electron chi connectivity index (χ3n) is 8.27. The van der Waals surface area contributed by atoms with E-state index in [9.17, 15) is 14.3 Å². The van der Waals surface area contributed by atoms with Crippen LogP contribution in [0.1, 0.15) is 60.4 Å². The third kappa shape index (κ3) is 5.09. The van der Waals surface area contributed by atoms with Crippen LogP contribution in [-0.4, -0.2) is 46.5 Å². The van der Waals surface area contributed by atoms with Crippen molar-refractivity contribution in [2.45, 2.75) is 51.2 Å². The standard InChI is InChI=1S/C32H32F2N4O4/c1-18-11-20-12-21(13-24(41-4)27(20)38-37-18)29(39)35-16-32(15-31(9-10-31)17-42-32)25-14-23(30(2,3)40)26(34)28(36-25)19-5-7-22(33)8-6-19/h5-8,11-14,40H,9-10,15-17H2,1-4H3,(H,35,39). The topological polar surface area (TPSA) is 106 Å². The van der Waals surface area contributed by atoms with Crippen molar-refractivity contribution in [3.05, 3.63) is 82.7 Å². The molecule has 4 aromatic rings. The molecule has 42 heavy (non-hydrogen) atoms. The van der Waals surface area contributed by atoms with Crippen LogP contribution < -0.4 is 10.1 Å². The van der Waals surface area contributed by atoms with Gasteiger partial charge in [0.2, 0.25) is 0 Å². The molecule has 1 aliphatic carbocycles. The SMILES string of the molecule is COc1cc(C(=O)NCC2(c3cc(C(C)(C)O)c(F)c(-c4ccc(F)cc4)n3)CC3(CC3)CO2)cc2cc(C)nnc12. The molecule has 3 heterocycles. The van der Waals surface area contributed by atoms with Crippen LogP contribution in [0.5, 0.6) is 5.75 Å². The minimum Gasteiger partial charge on any atom is -0.494 e. The Morgan fingerprint density at radius 2 is 1.86 bits per heavy atom. The van der Waals surface area contributed by atoms with Crippen molar-refractivity contribution < 1.29 is 28.2 Å². The van der Waals surface area contributed by atoms with Crippen molar-refractivity contribution in [1.82, 2.24) is 20.5 Å². The van der Waals surface area contributed by atoms with Crippen LogP contribution in [0.3, 0.4) is 0 Å². The Kier molecular flexibility index (Phi) is 6.74. The first-order valence-corrected chi connectivity index (χ1v) is 13.9. The van der Waals surface area contributed by atoms with E-state index in [0.717, 1.165) is 18.2 Å². The van der Waals surface area contributed by atoms with Crippen LogP contribution in [0.25, 0.3) is 22.2 Å². The molecule has 0 radical (unpaired) electrons. The molecule has 2 aromatic carbocycles. The van der Waals surface area contributed by atoms with Gasteiger partial charge in [0.25, 0.3) is 5.91 Å². The van der Waals surface area contributed by atoms with Gasteiger partial charge in [0.15, 0.2) is 5.82 Å². The number of aryl methyl sites for hydroxylation is 1. The number of hydrogen-bond donors (Lipinski definition) is 2. The quantitative estimate of drug-likeness (QED) is 0.307. The van der Waals surface area contributed by atoms with E-state index in [-0.39, 0.29) is 29.1 Å². The fourth-order valence-corrected chi connectivity index (χ4v) is 5.71. The Morgan fingerprint density at radius 1 is 1.12 bits per heavy atom. The summed E-state index contributed by atoms with van der Waals surface area (Å²) in [7, 11) is 1.51. The van der Waals surface area contributed by atoms with Crippen LogP contribution in [-0.2, 0) is 15.9 Å². The molecule has 1 amide bonds. The molecule has 10 heteroatoms. The normalized spacial score (nSPS) is 19.3. The molecule has 2 N–H and O–H groups in total. The molecule has 1 unspecified atom stereocenters. The minimum atomic E-state index is -1.54. The van der Waals surface area contributed by atoms with Gasteiger partial charge in [-0.1, -0.05) is 0 Å². The molecule has 2 aromatic heterocycles.